The maximum atomic E-state index is 6.06. The van der Waals surface area contributed by atoms with Crippen LogP contribution in [0, 0.1) is 5.92 Å². The lowest BCUT2D eigenvalue weighted by atomic mass is 9.84. The molecule has 0 spiro atoms. The Bertz CT molecular complexity index is 506. The van der Waals surface area contributed by atoms with Gasteiger partial charge in [-0.3, -0.25) is 0 Å². The van der Waals surface area contributed by atoms with Crippen LogP contribution in [0.2, 0.25) is 0 Å². The van der Waals surface area contributed by atoms with E-state index in [1.165, 1.54) is 43.9 Å². The number of fused-ring (bicyclic) bond motifs is 1. The highest BCUT2D eigenvalue weighted by molar-refractivity contribution is 5.77. The zero-order valence-corrected chi connectivity index (χ0v) is 12.4. The molecule has 1 heterocycles. The molecule has 2 aromatic rings. The van der Waals surface area contributed by atoms with Gasteiger partial charge in [0.25, 0.3) is 0 Å². The van der Waals surface area contributed by atoms with Crippen molar-refractivity contribution in [1.82, 2.24) is 5.32 Å². The molecule has 1 N–H and O–H groups in total. The van der Waals surface area contributed by atoms with Crippen LogP contribution in [0.1, 0.15) is 57.3 Å². The first-order valence-corrected chi connectivity index (χ1v) is 8.08. The van der Waals surface area contributed by atoms with E-state index in [0.29, 0.717) is 6.04 Å². The predicted octanol–water partition coefficient (Wildman–Crippen LogP) is 5.05. The first kappa shape index (κ1) is 13.7. The van der Waals surface area contributed by atoms with Crippen LogP contribution in [0.4, 0.5) is 0 Å². The van der Waals surface area contributed by atoms with Crippen molar-refractivity contribution >= 4 is 11.0 Å². The van der Waals surface area contributed by atoms with Gasteiger partial charge in [0.1, 0.15) is 11.3 Å². The Labute approximate surface area is 121 Å². The van der Waals surface area contributed by atoms with Crippen LogP contribution in [-0.4, -0.2) is 6.54 Å². The number of hydrogen-bond acceptors (Lipinski definition) is 2. The molecule has 2 nitrogen and oxygen atoms in total. The highest BCUT2D eigenvalue weighted by atomic mass is 16.3. The zero-order chi connectivity index (χ0) is 13.8. The van der Waals surface area contributed by atoms with Gasteiger partial charge >= 0.3 is 0 Å². The second-order valence-electron chi connectivity index (χ2n) is 6.04. The topological polar surface area (TPSA) is 25.2 Å². The first-order chi connectivity index (χ1) is 9.86. The van der Waals surface area contributed by atoms with Crippen LogP contribution in [0.25, 0.3) is 11.0 Å². The highest BCUT2D eigenvalue weighted by Gasteiger charge is 2.22. The molecule has 1 aromatic carbocycles. The van der Waals surface area contributed by atoms with Crippen LogP contribution in [0.15, 0.2) is 34.7 Å². The minimum Gasteiger partial charge on any atom is -0.459 e. The van der Waals surface area contributed by atoms with Gasteiger partial charge in [0.15, 0.2) is 0 Å². The summed E-state index contributed by atoms with van der Waals surface area (Å²) in [6, 6.07) is 10.9. The van der Waals surface area contributed by atoms with Gasteiger partial charge in [-0.1, -0.05) is 57.2 Å². The van der Waals surface area contributed by atoms with Crippen molar-refractivity contribution in [1.29, 1.82) is 0 Å². The van der Waals surface area contributed by atoms with Gasteiger partial charge in [0.05, 0.1) is 6.04 Å². The lowest BCUT2D eigenvalue weighted by Gasteiger charge is -2.26. The molecule has 0 amide bonds. The molecule has 1 unspecified atom stereocenters. The molecule has 20 heavy (non-hydrogen) atoms. The molecule has 1 atom stereocenters. The Morgan fingerprint density at radius 2 is 2.00 bits per heavy atom. The Morgan fingerprint density at radius 3 is 2.75 bits per heavy atom. The van der Waals surface area contributed by atoms with Crippen molar-refractivity contribution in [2.75, 3.05) is 6.54 Å². The molecule has 3 rings (SSSR count). The summed E-state index contributed by atoms with van der Waals surface area (Å²) in [6.07, 6.45) is 8.23. The second-order valence-corrected chi connectivity index (χ2v) is 6.04. The molecular weight excluding hydrogens is 246 g/mol. The summed E-state index contributed by atoms with van der Waals surface area (Å²) in [5, 5.41) is 4.83. The predicted molar refractivity (Wildman–Crippen MR) is 83.8 cm³/mol. The van der Waals surface area contributed by atoms with E-state index in [4.69, 9.17) is 4.42 Å². The smallest absolute Gasteiger partial charge is 0.134 e. The van der Waals surface area contributed by atoms with Gasteiger partial charge in [-0.05, 0) is 31.0 Å². The first-order valence-electron chi connectivity index (χ1n) is 8.08. The molecule has 1 aliphatic rings. The van der Waals surface area contributed by atoms with Gasteiger partial charge in [0, 0.05) is 5.39 Å². The van der Waals surface area contributed by atoms with Crippen LogP contribution in [-0.2, 0) is 0 Å². The van der Waals surface area contributed by atoms with Crippen LogP contribution < -0.4 is 5.32 Å². The molecule has 0 bridgehead atoms. The minimum atomic E-state index is 0.371. The van der Waals surface area contributed by atoms with E-state index < -0.39 is 0 Å². The summed E-state index contributed by atoms with van der Waals surface area (Å²) < 4.78 is 6.06. The normalized spacial score (nSPS) is 18.4. The number of hydrogen-bond donors (Lipinski definition) is 1. The third-order valence-electron chi connectivity index (χ3n) is 4.53. The zero-order valence-electron chi connectivity index (χ0n) is 12.4. The lowest BCUT2D eigenvalue weighted by molar-refractivity contribution is 0.285. The highest BCUT2D eigenvalue weighted by Crippen LogP contribution is 2.33. The average molecular weight is 271 g/mol. The van der Waals surface area contributed by atoms with E-state index in [1.54, 1.807) is 0 Å². The Balaban J connectivity index is 1.77. The molecule has 1 aliphatic carbocycles. The molecule has 108 valence electrons. The van der Waals surface area contributed by atoms with Crippen molar-refractivity contribution in [2.45, 2.75) is 51.5 Å². The molecule has 0 radical (unpaired) electrons. The van der Waals surface area contributed by atoms with Crippen molar-refractivity contribution in [3.63, 3.8) is 0 Å². The molecule has 1 saturated carbocycles. The van der Waals surface area contributed by atoms with Gasteiger partial charge in [-0.25, -0.2) is 0 Å². The molecule has 0 aliphatic heterocycles. The number of rotatable bonds is 5. The largest absolute Gasteiger partial charge is 0.459 e. The molecule has 2 heteroatoms. The Kier molecular flexibility index (Phi) is 4.41. The summed E-state index contributed by atoms with van der Waals surface area (Å²) in [6.45, 7) is 3.17. The van der Waals surface area contributed by atoms with Gasteiger partial charge < -0.3 is 9.73 Å². The minimum absolute atomic E-state index is 0.371. The van der Waals surface area contributed by atoms with Crippen LogP contribution in [0.5, 0.6) is 0 Å². The molecule has 1 aromatic heterocycles. The monoisotopic (exact) mass is 271 g/mol. The Morgan fingerprint density at radius 1 is 1.20 bits per heavy atom. The van der Waals surface area contributed by atoms with Gasteiger partial charge in [0.2, 0.25) is 0 Å². The van der Waals surface area contributed by atoms with Crippen molar-refractivity contribution < 1.29 is 4.42 Å². The number of benzene rings is 1. The number of nitrogens with one attached hydrogen (secondary N) is 1. The van der Waals surface area contributed by atoms with Gasteiger partial charge in [-0.15, -0.1) is 0 Å². The fraction of sp³-hybridized carbons (Fsp3) is 0.556. The fourth-order valence-corrected chi connectivity index (χ4v) is 3.48. The summed E-state index contributed by atoms with van der Waals surface area (Å²) in [4.78, 5) is 0. The maximum Gasteiger partial charge on any atom is 0.134 e. The van der Waals surface area contributed by atoms with E-state index in [2.05, 4.69) is 36.5 Å². The van der Waals surface area contributed by atoms with Gasteiger partial charge in [-0.2, -0.15) is 0 Å². The quantitative estimate of drug-likeness (QED) is 0.822. The third kappa shape index (κ3) is 3.06. The average Bonchev–Trinajstić information content (AvgIpc) is 2.92. The van der Waals surface area contributed by atoms with Crippen molar-refractivity contribution in [3.05, 3.63) is 36.1 Å². The van der Waals surface area contributed by atoms with Crippen LogP contribution in [0.3, 0.4) is 0 Å². The summed E-state index contributed by atoms with van der Waals surface area (Å²) in [5.41, 5.74) is 1.01. The molecule has 1 fully saturated rings. The third-order valence-corrected chi connectivity index (χ3v) is 4.53. The van der Waals surface area contributed by atoms with E-state index in [9.17, 15) is 0 Å². The van der Waals surface area contributed by atoms with E-state index in [0.717, 1.165) is 23.8 Å². The van der Waals surface area contributed by atoms with Crippen molar-refractivity contribution in [3.8, 4) is 0 Å². The SMILES string of the molecule is CCNC(CC1CCCCC1)c1cc2ccccc2o1. The van der Waals surface area contributed by atoms with Crippen molar-refractivity contribution in [2.24, 2.45) is 5.92 Å². The maximum absolute atomic E-state index is 6.06. The molecule has 0 saturated heterocycles. The van der Waals surface area contributed by atoms with E-state index in [-0.39, 0.29) is 0 Å². The second kappa shape index (κ2) is 6.45. The number of para-hydroxylation sites is 1. The van der Waals surface area contributed by atoms with E-state index >= 15 is 0 Å². The standard InChI is InChI=1S/C18H25NO/c1-2-19-16(12-14-8-4-3-5-9-14)18-13-15-10-6-7-11-17(15)20-18/h6-7,10-11,13-14,16,19H,2-5,8-9,12H2,1H3. The Hall–Kier alpha value is -1.28. The van der Waals surface area contributed by atoms with Crippen LogP contribution >= 0.6 is 0 Å². The van der Waals surface area contributed by atoms with E-state index in [1.807, 2.05) is 6.07 Å². The lowest BCUT2D eigenvalue weighted by Crippen LogP contribution is -2.24. The summed E-state index contributed by atoms with van der Waals surface area (Å²) >= 11 is 0. The summed E-state index contributed by atoms with van der Waals surface area (Å²) in [7, 11) is 0. The molecular formula is C18H25NO. The number of furan rings is 1. The fourth-order valence-electron chi connectivity index (χ4n) is 3.48. The summed E-state index contributed by atoms with van der Waals surface area (Å²) in [5.74, 6) is 1.97.